The molecule has 0 radical (unpaired) electrons. The van der Waals surface area contributed by atoms with Crippen LogP contribution in [0.1, 0.15) is 33.5 Å². The van der Waals surface area contributed by atoms with Crippen LogP contribution in [-0.4, -0.2) is 31.2 Å². The van der Waals surface area contributed by atoms with E-state index in [9.17, 15) is 4.79 Å². The first kappa shape index (κ1) is 20.3. The molecular formula is C23H25ClN2O2. The molecule has 1 aromatic heterocycles. The van der Waals surface area contributed by atoms with Crippen molar-refractivity contribution in [1.29, 1.82) is 0 Å². The molecule has 0 saturated heterocycles. The van der Waals surface area contributed by atoms with Gasteiger partial charge in [-0.3, -0.25) is 4.79 Å². The van der Waals surface area contributed by atoms with Crippen LogP contribution in [0.3, 0.4) is 0 Å². The van der Waals surface area contributed by atoms with E-state index in [1.807, 2.05) is 51.1 Å². The van der Waals surface area contributed by atoms with Gasteiger partial charge in [0.2, 0.25) is 0 Å². The zero-order chi connectivity index (χ0) is 20.3. The smallest absolute Gasteiger partial charge is 0.252 e. The first-order valence-corrected chi connectivity index (χ1v) is 9.74. The number of benzene rings is 2. The Morgan fingerprint density at radius 1 is 1.14 bits per heavy atom. The predicted octanol–water partition coefficient (Wildman–Crippen LogP) is 5.25. The van der Waals surface area contributed by atoms with Gasteiger partial charge in [-0.1, -0.05) is 35.4 Å². The Morgan fingerprint density at radius 3 is 2.54 bits per heavy atom. The van der Waals surface area contributed by atoms with Crippen molar-refractivity contribution in [2.45, 2.75) is 27.2 Å². The Morgan fingerprint density at radius 2 is 1.86 bits per heavy atom. The van der Waals surface area contributed by atoms with Crippen LogP contribution in [0.15, 0.2) is 36.4 Å². The number of rotatable bonds is 6. The molecule has 1 N–H and O–H groups in total. The maximum atomic E-state index is 13.1. The summed E-state index contributed by atoms with van der Waals surface area (Å²) in [6.45, 7) is 7.21. The first-order chi connectivity index (χ1) is 13.4. The molecule has 0 spiro atoms. The number of hydrogen-bond acceptors (Lipinski definition) is 3. The molecule has 3 aromatic rings. The van der Waals surface area contributed by atoms with Gasteiger partial charge in [0.15, 0.2) is 0 Å². The summed E-state index contributed by atoms with van der Waals surface area (Å²) in [6.07, 6.45) is 0.770. The Hall–Kier alpha value is -2.43. The van der Waals surface area contributed by atoms with Crippen molar-refractivity contribution >= 4 is 28.4 Å². The largest absolute Gasteiger partial charge is 0.385 e. The predicted molar refractivity (Wildman–Crippen MR) is 115 cm³/mol. The highest BCUT2D eigenvalue weighted by Gasteiger charge is 2.20. The van der Waals surface area contributed by atoms with Crippen molar-refractivity contribution in [3.63, 3.8) is 0 Å². The first-order valence-electron chi connectivity index (χ1n) is 9.37. The lowest BCUT2D eigenvalue weighted by molar-refractivity contribution is 0.0949. The van der Waals surface area contributed by atoms with Crippen LogP contribution in [0.25, 0.3) is 22.2 Å². The molecule has 1 amide bonds. The van der Waals surface area contributed by atoms with E-state index in [0.717, 1.165) is 45.3 Å². The van der Waals surface area contributed by atoms with Gasteiger partial charge in [0.05, 0.1) is 16.8 Å². The molecule has 0 aliphatic heterocycles. The highest BCUT2D eigenvalue weighted by atomic mass is 35.5. The number of nitrogens with zero attached hydrogens (tertiary/aromatic N) is 1. The summed E-state index contributed by atoms with van der Waals surface area (Å²) in [5.74, 6) is -0.0822. The quantitative estimate of drug-likeness (QED) is 0.579. The molecule has 3 rings (SSSR count). The highest BCUT2D eigenvalue weighted by molar-refractivity contribution is 6.30. The lowest BCUT2D eigenvalue weighted by atomic mass is 9.94. The summed E-state index contributed by atoms with van der Waals surface area (Å²) >= 11 is 6.05. The molecule has 4 nitrogen and oxygen atoms in total. The van der Waals surface area contributed by atoms with Crippen LogP contribution in [0.4, 0.5) is 0 Å². The number of amides is 1. The van der Waals surface area contributed by atoms with Crippen LogP contribution in [-0.2, 0) is 4.74 Å². The van der Waals surface area contributed by atoms with Crippen molar-refractivity contribution in [2.75, 3.05) is 20.3 Å². The normalized spacial score (nSPS) is 11.0. The van der Waals surface area contributed by atoms with Crippen LogP contribution in [0, 0.1) is 20.8 Å². The second-order valence-electron chi connectivity index (χ2n) is 7.05. The third-order valence-corrected chi connectivity index (χ3v) is 5.08. The van der Waals surface area contributed by atoms with E-state index < -0.39 is 0 Å². The molecule has 0 aliphatic rings. The van der Waals surface area contributed by atoms with E-state index in [0.29, 0.717) is 23.7 Å². The van der Waals surface area contributed by atoms with E-state index in [1.54, 1.807) is 7.11 Å². The monoisotopic (exact) mass is 396 g/mol. The Labute approximate surface area is 170 Å². The molecule has 0 atom stereocenters. The van der Waals surface area contributed by atoms with Gasteiger partial charge >= 0.3 is 0 Å². The molecule has 28 heavy (non-hydrogen) atoms. The fraction of sp³-hybridized carbons (Fsp3) is 0.304. The number of fused-ring (bicyclic) bond motifs is 1. The van der Waals surface area contributed by atoms with Crippen LogP contribution >= 0.6 is 11.6 Å². The highest BCUT2D eigenvalue weighted by Crippen LogP contribution is 2.32. The molecule has 0 bridgehead atoms. The number of hydrogen-bond donors (Lipinski definition) is 1. The molecule has 0 unspecified atom stereocenters. The SMILES string of the molecule is COCCCNC(=O)c1c(C)c(-c2ccc(Cl)cc2)nc2c(C)cc(C)cc12. The van der Waals surface area contributed by atoms with E-state index in [2.05, 4.69) is 11.4 Å². The molecule has 146 valence electrons. The minimum atomic E-state index is -0.0822. The third-order valence-electron chi connectivity index (χ3n) is 4.82. The lowest BCUT2D eigenvalue weighted by Crippen LogP contribution is -2.26. The van der Waals surface area contributed by atoms with Crippen LogP contribution in [0.5, 0.6) is 0 Å². The number of pyridine rings is 1. The topological polar surface area (TPSA) is 51.2 Å². The number of nitrogens with one attached hydrogen (secondary N) is 1. The molecule has 0 fully saturated rings. The van der Waals surface area contributed by atoms with Gasteiger partial charge in [-0.2, -0.15) is 0 Å². The minimum absolute atomic E-state index is 0.0822. The Bertz CT molecular complexity index is 1010. The molecule has 2 aromatic carbocycles. The van der Waals surface area contributed by atoms with Crippen molar-refractivity contribution in [1.82, 2.24) is 10.3 Å². The van der Waals surface area contributed by atoms with Crippen LogP contribution < -0.4 is 5.32 Å². The Balaban J connectivity index is 2.17. The summed E-state index contributed by atoms with van der Waals surface area (Å²) in [5, 5.41) is 4.58. The van der Waals surface area contributed by atoms with Crippen molar-refractivity contribution in [2.24, 2.45) is 0 Å². The maximum Gasteiger partial charge on any atom is 0.252 e. The van der Waals surface area contributed by atoms with Gasteiger partial charge < -0.3 is 10.1 Å². The van der Waals surface area contributed by atoms with Crippen molar-refractivity contribution in [3.8, 4) is 11.3 Å². The molecular weight excluding hydrogens is 372 g/mol. The lowest BCUT2D eigenvalue weighted by Gasteiger charge is -2.16. The molecule has 5 heteroatoms. The zero-order valence-corrected chi connectivity index (χ0v) is 17.5. The van der Waals surface area contributed by atoms with E-state index in [-0.39, 0.29) is 5.91 Å². The van der Waals surface area contributed by atoms with Gasteiger partial charge in [-0.25, -0.2) is 4.98 Å². The number of halogens is 1. The molecule has 0 aliphatic carbocycles. The van der Waals surface area contributed by atoms with Crippen molar-refractivity contribution in [3.05, 3.63) is 63.7 Å². The van der Waals surface area contributed by atoms with Gasteiger partial charge in [-0.05, 0) is 56.5 Å². The van der Waals surface area contributed by atoms with Gasteiger partial charge in [0.25, 0.3) is 5.91 Å². The van der Waals surface area contributed by atoms with E-state index in [4.69, 9.17) is 21.3 Å². The fourth-order valence-corrected chi connectivity index (χ4v) is 3.63. The second-order valence-corrected chi connectivity index (χ2v) is 7.48. The van der Waals surface area contributed by atoms with E-state index in [1.165, 1.54) is 0 Å². The standard InChI is InChI=1S/C23H25ClN2O2/c1-14-12-15(2)21-19(13-14)20(23(27)25-10-5-11-28-4)16(3)22(26-21)17-6-8-18(24)9-7-17/h6-9,12-13H,5,10-11H2,1-4H3,(H,25,27). The average Bonchev–Trinajstić information content (AvgIpc) is 2.65. The summed E-state index contributed by atoms with van der Waals surface area (Å²) < 4.78 is 5.07. The minimum Gasteiger partial charge on any atom is -0.385 e. The summed E-state index contributed by atoms with van der Waals surface area (Å²) in [6, 6.07) is 11.7. The van der Waals surface area contributed by atoms with E-state index >= 15 is 0 Å². The van der Waals surface area contributed by atoms with Gasteiger partial charge in [0.1, 0.15) is 0 Å². The summed E-state index contributed by atoms with van der Waals surface area (Å²) in [4.78, 5) is 18.0. The summed E-state index contributed by atoms with van der Waals surface area (Å²) in [7, 11) is 1.66. The summed E-state index contributed by atoms with van der Waals surface area (Å²) in [5.41, 5.74) is 6.30. The third kappa shape index (κ3) is 4.18. The second kappa shape index (κ2) is 8.72. The average molecular weight is 397 g/mol. The molecule has 0 saturated carbocycles. The number of ether oxygens (including phenoxy) is 1. The van der Waals surface area contributed by atoms with Crippen molar-refractivity contribution < 1.29 is 9.53 Å². The fourth-order valence-electron chi connectivity index (χ4n) is 3.50. The van der Waals surface area contributed by atoms with Gasteiger partial charge in [0, 0.05) is 36.2 Å². The number of carbonyl (C=O) groups excluding carboxylic acids is 1. The van der Waals surface area contributed by atoms with Crippen LogP contribution in [0.2, 0.25) is 5.02 Å². The molecule has 1 heterocycles. The van der Waals surface area contributed by atoms with Gasteiger partial charge in [-0.15, -0.1) is 0 Å². The number of carbonyl (C=O) groups is 1. The number of methoxy groups -OCH3 is 1. The maximum absolute atomic E-state index is 13.1. The number of aromatic nitrogens is 1. The zero-order valence-electron chi connectivity index (χ0n) is 16.7. The Kier molecular flexibility index (Phi) is 6.32. The number of aryl methyl sites for hydroxylation is 2.